The summed E-state index contributed by atoms with van der Waals surface area (Å²) in [5.74, 6) is 0.912. The summed E-state index contributed by atoms with van der Waals surface area (Å²) in [5, 5.41) is 6.60. The lowest BCUT2D eigenvalue weighted by atomic mass is 10.00. The Kier molecular flexibility index (Phi) is 5.65. The summed E-state index contributed by atoms with van der Waals surface area (Å²) < 4.78 is 11.4. The number of likely N-dealkylation sites (N-methyl/N-ethyl adjacent to an activating group) is 1. The van der Waals surface area contributed by atoms with E-state index in [1.54, 1.807) is 0 Å². The smallest absolute Gasteiger partial charge is 0.318 e. The highest BCUT2D eigenvalue weighted by Crippen LogP contribution is 2.32. The Morgan fingerprint density at radius 3 is 2.55 bits per heavy atom. The molecule has 0 spiro atoms. The number of aromatic nitrogens is 2. The van der Waals surface area contributed by atoms with Crippen LogP contribution in [0.3, 0.4) is 0 Å². The minimum atomic E-state index is 0.419. The first-order valence-corrected chi connectivity index (χ1v) is 10.7. The molecule has 3 aromatic carbocycles. The molecule has 4 aromatic rings. The van der Waals surface area contributed by atoms with Gasteiger partial charge in [-0.15, -0.1) is 0 Å². The van der Waals surface area contributed by atoms with Crippen molar-refractivity contribution in [1.82, 2.24) is 15.3 Å². The van der Waals surface area contributed by atoms with Gasteiger partial charge in [0.2, 0.25) is 0 Å². The monoisotopic (exact) mass is 414 g/mol. The largest absolute Gasteiger partial charge is 0.462 e. The number of ether oxygens (including phenoxy) is 2. The summed E-state index contributed by atoms with van der Waals surface area (Å²) in [6.07, 6.45) is 0. The van der Waals surface area contributed by atoms with Crippen molar-refractivity contribution in [1.29, 1.82) is 0 Å². The molecule has 31 heavy (non-hydrogen) atoms. The van der Waals surface area contributed by atoms with Gasteiger partial charge in [0.25, 0.3) is 0 Å². The molecule has 0 radical (unpaired) electrons. The first-order chi connectivity index (χ1) is 15.3. The highest BCUT2D eigenvalue weighted by Gasteiger charge is 2.18. The van der Waals surface area contributed by atoms with Gasteiger partial charge in [0, 0.05) is 25.0 Å². The quantitative estimate of drug-likeness (QED) is 0.483. The molecule has 0 aliphatic carbocycles. The first kappa shape index (κ1) is 19.7. The van der Waals surface area contributed by atoms with Crippen molar-refractivity contribution in [2.24, 2.45) is 0 Å². The molecule has 158 valence electrons. The maximum Gasteiger partial charge on any atom is 0.318 e. The number of hydrogen-bond acceptors (Lipinski definition) is 6. The average molecular weight is 415 g/mol. The van der Waals surface area contributed by atoms with Crippen molar-refractivity contribution < 1.29 is 9.47 Å². The van der Waals surface area contributed by atoms with Crippen molar-refractivity contribution in [2.45, 2.75) is 0 Å². The number of benzene rings is 3. The number of morpholine rings is 1. The molecule has 5 rings (SSSR count). The van der Waals surface area contributed by atoms with Crippen molar-refractivity contribution in [3.63, 3.8) is 0 Å². The highest BCUT2D eigenvalue weighted by atomic mass is 16.5. The van der Waals surface area contributed by atoms with Crippen LogP contribution in [0.25, 0.3) is 32.8 Å². The molecular formula is C25H26N4O2. The molecule has 1 fully saturated rings. The number of rotatable bonds is 6. The minimum Gasteiger partial charge on any atom is -0.462 e. The predicted molar refractivity (Wildman–Crippen MR) is 125 cm³/mol. The summed E-state index contributed by atoms with van der Waals surface area (Å²) in [5.41, 5.74) is 3.23. The second-order valence-corrected chi connectivity index (χ2v) is 7.68. The molecule has 0 unspecified atom stereocenters. The number of anilines is 1. The van der Waals surface area contributed by atoms with Crippen LogP contribution in [0.4, 0.5) is 5.82 Å². The fraction of sp³-hybridized carbons (Fsp3) is 0.280. The Labute approximate surface area is 181 Å². The number of nitrogens with zero attached hydrogens (tertiary/aromatic N) is 3. The Balaban J connectivity index is 1.59. The van der Waals surface area contributed by atoms with Crippen LogP contribution < -0.4 is 15.0 Å². The van der Waals surface area contributed by atoms with Crippen molar-refractivity contribution >= 4 is 27.5 Å². The van der Waals surface area contributed by atoms with E-state index in [9.17, 15) is 0 Å². The summed E-state index contributed by atoms with van der Waals surface area (Å²) >= 11 is 0. The lowest BCUT2D eigenvalue weighted by Crippen LogP contribution is -2.37. The number of hydrogen-bond donors (Lipinski definition) is 1. The fourth-order valence-corrected chi connectivity index (χ4v) is 3.97. The van der Waals surface area contributed by atoms with E-state index in [1.165, 1.54) is 16.3 Å². The van der Waals surface area contributed by atoms with E-state index in [1.807, 2.05) is 7.05 Å². The molecule has 2 heterocycles. The Morgan fingerprint density at radius 2 is 1.71 bits per heavy atom. The molecule has 1 saturated heterocycles. The molecular weight excluding hydrogens is 388 g/mol. The van der Waals surface area contributed by atoms with E-state index >= 15 is 0 Å². The van der Waals surface area contributed by atoms with Crippen molar-refractivity contribution in [3.05, 3.63) is 60.7 Å². The maximum atomic E-state index is 5.81. The van der Waals surface area contributed by atoms with E-state index in [0.717, 1.165) is 41.9 Å². The third-order valence-corrected chi connectivity index (χ3v) is 5.63. The Bertz CT molecular complexity index is 1200. The van der Waals surface area contributed by atoms with E-state index in [-0.39, 0.29) is 0 Å². The van der Waals surface area contributed by atoms with E-state index in [0.29, 0.717) is 25.8 Å². The van der Waals surface area contributed by atoms with Gasteiger partial charge in [-0.3, -0.25) is 0 Å². The summed E-state index contributed by atoms with van der Waals surface area (Å²) in [7, 11) is 1.90. The third-order valence-electron chi connectivity index (χ3n) is 5.63. The van der Waals surface area contributed by atoms with Crippen molar-refractivity contribution in [2.75, 3.05) is 51.4 Å². The van der Waals surface area contributed by atoms with Crippen LogP contribution in [0.15, 0.2) is 60.7 Å². The summed E-state index contributed by atoms with van der Waals surface area (Å²) in [6.45, 7) is 4.29. The Morgan fingerprint density at radius 1 is 0.935 bits per heavy atom. The zero-order valence-corrected chi connectivity index (χ0v) is 17.7. The van der Waals surface area contributed by atoms with Gasteiger partial charge in [0.15, 0.2) is 0 Å². The van der Waals surface area contributed by atoms with Gasteiger partial charge in [-0.2, -0.15) is 9.97 Å². The number of fused-ring (bicyclic) bond motifs is 2. The first-order valence-electron chi connectivity index (χ1n) is 10.7. The van der Waals surface area contributed by atoms with Crippen LogP contribution in [0.5, 0.6) is 6.01 Å². The highest BCUT2D eigenvalue weighted by molar-refractivity contribution is 5.95. The molecule has 1 aliphatic rings. The topological polar surface area (TPSA) is 59.5 Å². The van der Waals surface area contributed by atoms with Gasteiger partial charge in [-0.25, -0.2) is 0 Å². The van der Waals surface area contributed by atoms with Crippen LogP contribution in [-0.4, -0.2) is 56.5 Å². The maximum absolute atomic E-state index is 5.81. The van der Waals surface area contributed by atoms with Gasteiger partial charge < -0.3 is 19.7 Å². The van der Waals surface area contributed by atoms with Gasteiger partial charge in [-0.05, 0) is 47.1 Å². The molecule has 0 saturated carbocycles. The molecule has 0 bridgehead atoms. The normalized spacial score (nSPS) is 14.3. The zero-order chi connectivity index (χ0) is 21.0. The third kappa shape index (κ3) is 4.17. The second kappa shape index (κ2) is 8.88. The summed E-state index contributed by atoms with van der Waals surface area (Å²) in [4.78, 5) is 11.7. The van der Waals surface area contributed by atoms with Gasteiger partial charge in [0.05, 0.1) is 18.7 Å². The molecule has 1 N–H and O–H groups in total. The molecule has 6 nitrogen and oxygen atoms in total. The molecule has 6 heteroatoms. The summed E-state index contributed by atoms with van der Waals surface area (Å²) in [6, 6.07) is 21.8. The van der Waals surface area contributed by atoms with Crippen molar-refractivity contribution in [3.8, 4) is 17.1 Å². The van der Waals surface area contributed by atoms with E-state index in [4.69, 9.17) is 14.5 Å². The Hall–Kier alpha value is -3.22. The van der Waals surface area contributed by atoms with Gasteiger partial charge >= 0.3 is 6.01 Å². The fourth-order valence-electron chi connectivity index (χ4n) is 3.97. The second-order valence-electron chi connectivity index (χ2n) is 7.68. The average Bonchev–Trinajstić information content (AvgIpc) is 2.83. The molecule has 0 atom stereocenters. The van der Waals surface area contributed by atoms with Crippen LogP contribution in [0.2, 0.25) is 0 Å². The molecule has 1 aliphatic heterocycles. The lowest BCUT2D eigenvalue weighted by molar-refractivity contribution is 0.122. The minimum absolute atomic E-state index is 0.419. The number of nitrogens with one attached hydrogen (secondary N) is 1. The van der Waals surface area contributed by atoms with Crippen LogP contribution in [0, 0.1) is 0 Å². The standard InChI is InChI=1S/C25H26N4O2/c1-26-10-13-31-25-27-23-9-8-21(20-7-6-18-4-2-3-5-19(18)16-20)17-22(23)24(28-25)29-11-14-30-15-12-29/h2-9,16-17,26H,10-15H2,1H3. The van der Waals surface area contributed by atoms with Crippen LogP contribution in [-0.2, 0) is 4.74 Å². The predicted octanol–water partition coefficient (Wildman–Crippen LogP) is 3.88. The SMILES string of the molecule is CNCCOc1nc(N2CCOCC2)c2cc(-c3ccc4ccccc4c3)ccc2n1. The van der Waals surface area contributed by atoms with E-state index < -0.39 is 0 Å². The van der Waals surface area contributed by atoms with Crippen LogP contribution >= 0.6 is 0 Å². The van der Waals surface area contributed by atoms with E-state index in [2.05, 4.69) is 75.9 Å². The molecule has 0 amide bonds. The van der Waals surface area contributed by atoms with Gasteiger partial charge in [-0.1, -0.05) is 42.5 Å². The zero-order valence-electron chi connectivity index (χ0n) is 17.7. The lowest BCUT2D eigenvalue weighted by Gasteiger charge is -2.29. The molecule has 1 aromatic heterocycles. The van der Waals surface area contributed by atoms with Crippen LogP contribution in [0.1, 0.15) is 0 Å². The van der Waals surface area contributed by atoms with Gasteiger partial charge in [0.1, 0.15) is 12.4 Å².